The Morgan fingerprint density at radius 1 is 0.862 bits per heavy atom. The van der Waals surface area contributed by atoms with Crippen molar-refractivity contribution in [2.75, 3.05) is 10.6 Å². The molecule has 7 heteroatoms. The lowest BCUT2D eigenvalue weighted by Gasteiger charge is -2.17. The third kappa shape index (κ3) is 5.55. The van der Waals surface area contributed by atoms with Crippen LogP contribution in [0.5, 0.6) is 11.5 Å². The summed E-state index contributed by atoms with van der Waals surface area (Å²) < 4.78 is 20.0. The van der Waals surface area contributed by atoms with Crippen molar-refractivity contribution in [3.63, 3.8) is 0 Å². The van der Waals surface area contributed by atoms with Gasteiger partial charge in [0.1, 0.15) is 17.5 Å². The summed E-state index contributed by atoms with van der Waals surface area (Å²) in [6.07, 6.45) is 0. The van der Waals surface area contributed by atoms with Crippen LogP contribution in [0.2, 0.25) is 0 Å². The molecule has 6 nitrogen and oxygen atoms in total. The Morgan fingerprint density at radius 2 is 1.52 bits per heavy atom. The average Bonchev–Trinajstić information content (AvgIpc) is 2.72. The fourth-order valence-corrected chi connectivity index (χ4v) is 2.51. The summed E-state index contributed by atoms with van der Waals surface area (Å²) >= 11 is 0. The van der Waals surface area contributed by atoms with Crippen molar-refractivity contribution in [2.24, 2.45) is 0 Å². The topological polar surface area (TPSA) is 79.5 Å². The molecular weight excluding hydrogens is 373 g/mol. The van der Waals surface area contributed by atoms with Gasteiger partial charge in [0.2, 0.25) is 5.91 Å². The number of hydrogen-bond donors (Lipinski definition) is 3. The number of rotatable bonds is 6. The third-order valence-corrected chi connectivity index (χ3v) is 3.97. The van der Waals surface area contributed by atoms with E-state index in [0.29, 0.717) is 11.4 Å². The molecule has 0 aliphatic rings. The average molecular weight is 393 g/mol. The van der Waals surface area contributed by atoms with E-state index in [1.807, 2.05) is 12.1 Å². The zero-order chi connectivity index (χ0) is 20.6. The number of hydrogen-bond acceptors (Lipinski definition) is 3. The van der Waals surface area contributed by atoms with Gasteiger partial charge in [-0.15, -0.1) is 0 Å². The van der Waals surface area contributed by atoms with Crippen molar-refractivity contribution >= 4 is 23.3 Å². The second-order valence-corrected chi connectivity index (χ2v) is 6.20. The van der Waals surface area contributed by atoms with Crippen LogP contribution in [-0.4, -0.2) is 18.0 Å². The standard InChI is InChI=1S/C22H20FN3O3/c1-15(21(27)25-16-9-4-2-5-10-16)24-22(28)26-20-18(23)13-8-14-19(20)29-17-11-6-3-7-12-17/h2-15H,1H3,(H,25,27)(H2,24,26,28). The highest BCUT2D eigenvalue weighted by molar-refractivity contribution is 5.99. The minimum Gasteiger partial charge on any atom is -0.455 e. The molecule has 3 rings (SSSR count). The minimum absolute atomic E-state index is 0.121. The summed E-state index contributed by atoms with van der Waals surface area (Å²) in [6, 6.07) is 20.3. The molecular formula is C22H20FN3O3. The van der Waals surface area contributed by atoms with Crippen LogP contribution in [-0.2, 0) is 4.79 Å². The van der Waals surface area contributed by atoms with Gasteiger partial charge in [-0.1, -0.05) is 42.5 Å². The Morgan fingerprint density at radius 3 is 2.21 bits per heavy atom. The molecule has 0 bridgehead atoms. The van der Waals surface area contributed by atoms with Crippen LogP contribution >= 0.6 is 0 Å². The lowest BCUT2D eigenvalue weighted by Crippen LogP contribution is -2.43. The molecule has 0 heterocycles. The number of carbonyl (C=O) groups is 2. The zero-order valence-corrected chi connectivity index (χ0v) is 15.7. The number of halogens is 1. The van der Waals surface area contributed by atoms with E-state index in [1.165, 1.54) is 25.1 Å². The molecule has 148 valence electrons. The monoisotopic (exact) mass is 393 g/mol. The van der Waals surface area contributed by atoms with E-state index in [0.717, 1.165) is 0 Å². The molecule has 3 aromatic rings. The van der Waals surface area contributed by atoms with Crippen LogP contribution in [0.1, 0.15) is 6.92 Å². The number of amides is 3. The summed E-state index contributed by atoms with van der Waals surface area (Å²) in [7, 11) is 0. The van der Waals surface area contributed by atoms with Crippen LogP contribution in [0.3, 0.4) is 0 Å². The SMILES string of the molecule is CC(NC(=O)Nc1c(F)cccc1Oc1ccccc1)C(=O)Nc1ccccc1. The molecule has 3 aromatic carbocycles. The van der Waals surface area contributed by atoms with Gasteiger partial charge in [0.15, 0.2) is 11.6 Å². The lowest BCUT2D eigenvalue weighted by molar-refractivity contribution is -0.117. The van der Waals surface area contributed by atoms with Crippen molar-refractivity contribution in [1.82, 2.24) is 5.32 Å². The number of benzene rings is 3. The molecule has 0 saturated heterocycles. The smallest absolute Gasteiger partial charge is 0.320 e. The van der Waals surface area contributed by atoms with Crippen LogP contribution in [0.4, 0.5) is 20.6 Å². The van der Waals surface area contributed by atoms with Crippen LogP contribution < -0.4 is 20.7 Å². The van der Waals surface area contributed by atoms with Crippen LogP contribution in [0.25, 0.3) is 0 Å². The first-order valence-electron chi connectivity index (χ1n) is 8.98. The Labute approximate surface area is 167 Å². The summed E-state index contributed by atoms with van der Waals surface area (Å²) in [4.78, 5) is 24.5. The van der Waals surface area contributed by atoms with E-state index < -0.39 is 23.8 Å². The van der Waals surface area contributed by atoms with Gasteiger partial charge in [-0.2, -0.15) is 0 Å². The highest BCUT2D eigenvalue weighted by atomic mass is 19.1. The van der Waals surface area contributed by atoms with Gasteiger partial charge in [-0.3, -0.25) is 4.79 Å². The van der Waals surface area contributed by atoms with Gasteiger partial charge >= 0.3 is 6.03 Å². The van der Waals surface area contributed by atoms with Gasteiger partial charge in [0.05, 0.1) is 0 Å². The normalized spacial score (nSPS) is 11.2. The maximum absolute atomic E-state index is 14.3. The highest BCUT2D eigenvalue weighted by Gasteiger charge is 2.18. The number of ether oxygens (including phenoxy) is 1. The zero-order valence-electron chi connectivity index (χ0n) is 15.7. The second-order valence-electron chi connectivity index (χ2n) is 6.20. The molecule has 29 heavy (non-hydrogen) atoms. The van der Waals surface area contributed by atoms with Gasteiger partial charge in [0, 0.05) is 5.69 Å². The first kappa shape index (κ1) is 19.9. The summed E-state index contributed by atoms with van der Waals surface area (Å²) in [5, 5.41) is 7.59. The molecule has 0 aliphatic carbocycles. The second kappa shape index (κ2) is 9.36. The lowest BCUT2D eigenvalue weighted by atomic mass is 10.2. The molecule has 0 aliphatic heterocycles. The Bertz CT molecular complexity index is 981. The fraction of sp³-hybridized carbons (Fsp3) is 0.0909. The first-order valence-corrected chi connectivity index (χ1v) is 8.98. The summed E-state index contributed by atoms with van der Waals surface area (Å²) in [6.45, 7) is 1.53. The van der Waals surface area contributed by atoms with E-state index in [9.17, 15) is 14.0 Å². The fourth-order valence-electron chi connectivity index (χ4n) is 2.51. The van der Waals surface area contributed by atoms with Gasteiger partial charge in [0.25, 0.3) is 0 Å². The Balaban J connectivity index is 1.65. The predicted molar refractivity (Wildman–Crippen MR) is 110 cm³/mol. The van der Waals surface area contributed by atoms with Crippen LogP contribution in [0, 0.1) is 5.82 Å². The third-order valence-electron chi connectivity index (χ3n) is 3.97. The van der Waals surface area contributed by atoms with Crippen molar-refractivity contribution in [1.29, 1.82) is 0 Å². The number of para-hydroxylation sites is 3. The predicted octanol–water partition coefficient (Wildman–Crippen LogP) is 4.77. The molecule has 1 unspecified atom stereocenters. The summed E-state index contributed by atoms with van der Waals surface area (Å²) in [5.74, 6) is -0.416. The van der Waals surface area contributed by atoms with E-state index >= 15 is 0 Å². The van der Waals surface area contributed by atoms with E-state index in [1.54, 1.807) is 48.5 Å². The summed E-state index contributed by atoms with van der Waals surface area (Å²) in [5.41, 5.74) is 0.490. The Kier molecular flexibility index (Phi) is 6.42. The minimum atomic E-state index is -0.847. The molecule has 0 radical (unpaired) electrons. The number of anilines is 2. The molecule has 1 atom stereocenters. The highest BCUT2D eigenvalue weighted by Crippen LogP contribution is 2.31. The van der Waals surface area contributed by atoms with Gasteiger partial charge in [-0.05, 0) is 43.3 Å². The van der Waals surface area contributed by atoms with Crippen molar-refractivity contribution in [3.8, 4) is 11.5 Å². The van der Waals surface area contributed by atoms with E-state index in [-0.39, 0.29) is 11.4 Å². The van der Waals surface area contributed by atoms with Gasteiger partial charge < -0.3 is 20.7 Å². The molecule has 3 N–H and O–H groups in total. The molecule has 0 fully saturated rings. The molecule has 3 amide bonds. The van der Waals surface area contributed by atoms with E-state index in [2.05, 4.69) is 16.0 Å². The molecule has 0 saturated carbocycles. The first-order chi connectivity index (χ1) is 14.0. The largest absolute Gasteiger partial charge is 0.455 e. The van der Waals surface area contributed by atoms with E-state index in [4.69, 9.17) is 4.74 Å². The molecule has 0 aromatic heterocycles. The van der Waals surface area contributed by atoms with Crippen molar-refractivity contribution in [2.45, 2.75) is 13.0 Å². The number of carbonyl (C=O) groups excluding carboxylic acids is 2. The quantitative estimate of drug-likeness (QED) is 0.565. The van der Waals surface area contributed by atoms with Crippen molar-refractivity contribution in [3.05, 3.63) is 84.7 Å². The maximum atomic E-state index is 14.3. The maximum Gasteiger partial charge on any atom is 0.320 e. The Hall–Kier alpha value is -3.87. The van der Waals surface area contributed by atoms with Crippen molar-refractivity contribution < 1.29 is 18.7 Å². The van der Waals surface area contributed by atoms with Crippen LogP contribution in [0.15, 0.2) is 78.9 Å². The molecule has 0 spiro atoms. The van der Waals surface area contributed by atoms with Gasteiger partial charge in [-0.25, -0.2) is 9.18 Å². The number of nitrogens with one attached hydrogen (secondary N) is 3. The number of urea groups is 1.